The maximum Gasteiger partial charge on any atom is 0.412 e. The van der Waals surface area contributed by atoms with Crippen LogP contribution in [0.5, 0.6) is 5.75 Å². The van der Waals surface area contributed by atoms with Crippen molar-refractivity contribution < 1.29 is 19.7 Å². The second-order valence-corrected chi connectivity index (χ2v) is 16.5. The number of hydrogen-bond donors (Lipinski definition) is 3. The minimum absolute atomic E-state index is 0.222. The van der Waals surface area contributed by atoms with Crippen LogP contribution in [0.3, 0.4) is 0 Å². The number of aliphatic hydroxyl groups is 2. The Morgan fingerprint density at radius 3 is 2.29 bits per heavy atom. The molecule has 0 radical (unpaired) electrons. The summed E-state index contributed by atoms with van der Waals surface area (Å²) >= 11 is 18.1. The van der Waals surface area contributed by atoms with Crippen molar-refractivity contribution in [3.63, 3.8) is 0 Å². The molecule has 0 aliphatic heterocycles. The molecule has 3 aromatic carbocycles. The van der Waals surface area contributed by atoms with E-state index in [2.05, 4.69) is 63.4 Å². The molecule has 4 atom stereocenters. The zero-order valence-electron chi connectivity index (χ0n) is 34.5. The van der Waals surface area contributed by atoms with Gasteiger partial charge in [0.15, 0.2) is 0 Å². The molecule has 1 amide bonds. The summed E-state index contributed by atoms with van der Waals surface area (Å²) < 4.78 is 8.34. The molecule has 13 nitrogen and oxygen atoms in total. The van der Waals surface area contributed by atoms with Gasteiger partial charge in [0.1, 0.15) is 36.7 Å². The Balaban J connectivity index is 0.000000199. The van der Waals surface area contributed by atoms with Crippen molar-refractivity contribution >= 4 is 52.9 Å². The van der Waals surface area contributed by atoms with Gasteiger partial charge in [0.2, 0.25) is 0 Å². The molecule has 6 rings (SSSR count). The molecule has 0 spiro atoms. The molecule has 16 heteroatoms. The molecule has 59 heavy (non-hydrogen) atoms. The number of hydrogen-bond acceptors (Lipinski definition) is 9. The minimum atomic E-state index is -1.08. The van der Waals surface area contributed by atoms with Crippen LogP contribution in [0.15, 0.2) is 97.0 Å². The minimum Gasteiger partial charge on any atom is -0.410 e. The molecular weight excluding hydrogens is 813 g/mol. The molecule has 1 aliphatic rings. The van der Waals surface area contributed by atoms with E-state index in [-0.39, 0.29) is 11.8 Å². The third kappa shape index (κ3) is 14.3. The van der Waals surface area contributed by atoms with Gasteiger partial charge in [-0.1, -0.05) is 92.7 Å². The van der Waals surface area contributed by atoms with Crippen LogP contribution in [-0.2, 0) is 25.1 Å². The number of aromatic nitrogens is 6. The molecule has 0 bridgehead atoms. The zero-order valence-corrected chi connectivity index (χ0v) is 36.8. The van der Waals surface area contributed by atoms with E-state index >= 15 is 0 Å². The van der Waals surface area contributed by atoms with Gasteiger partial charge in [0, 0.05) is 47.8 Å². The molecule has 1 saturated carbocycles. The summed E-state index contributed by atoms with van der Waals surface area (Å²) in [5, 5.41) is 35.0. The molecule has 1 fully saturated rings. The Bertz CT molecular complexity index is 2030. The van der Waals surface area contributed by atoms with Crippen LogP contribution >= 0.6 is 34.8 Å². The van der Waals surface area contributed by atoms with Crippen LogP contribution < -0.4 is 10.1 Å². The Morgan fingerprint density at radius 1 is 1.02 bits per heavy atom. The smallest absolute Gasteiger partial charge is 0.410 e. The molecular formula is C43H56Cl3N9O4. The van der Waals surface area contributed by atoms with Gasteiger partial charge in [-0.15, -0.1) is 0 Å². The van der Waals surface area contributed by atoms with Crippen molar-refractivity contribution in [2.24, 2.45) is 22.7 Å². The molecule has 3 N–H and O–H groups in total. The Kier molecular flexibility index (Phi) is 18.2. The molecule has 4 unspecified atom stereocenters. The molecule has 2 aromatic heterocycles. The van der Waals surface area contributed by atoms with Crippen molar-refractivity contribution in [2.45, 2.75) is 83.6 Å². The van der Waals surface area contributed by atoms with E-state index in [4.69, 9.17) is 39.5 Å². The fourth-order valence-corrected chi connectivity index (χ4v) is 7.99. The van der Waals surface area contributed by atoms with E-state index in [9.17, 15) is 15.0 Å². The number of nitrogens with one attached hydrogen (secondary N) is 1. The topological polar surface area (TPSA) is 156 Å². The second-order valence-electron chi connectivity index (χ2n) is 15.2. The molecule has 0 saturated heterocycles. The number of halogens is 3. The van der Waals surface area contributed by atoms with Gasteiger partial charge in [-0.25, -0.2) is 24.4 Å². The van der Waals surface area contributed by atoms with Crippen LogP contribution in [0.1, 0.15) is 64.0 Å². The van der Waals surface area contributed by atoms with E-state index in [1.54, 1.807) is 64.8 Å². The monoisotopic (exact) mass is 867 g/mol. The number of unbranched alkanes of at least 4 members (excludes halogenated alkanes) is 1. The SMILES string of the molecule is CC(C)C1CCC(Cc2ccc(Cl)cc2)C1(O)Cn1cncn1.CCCCC(O)(Cn1cncn1)c1ccc(Cl)cc1Cl.CNC(=O)Oc1cccc(/N=C\N(C)C)c1. The summed E-state index contributed by atoms with van der Waals surface area (Å²) in [7, 11) is 5.28. The number of ether oxygens (including phenoxy) is 1. The van der Waals surface area contributed by atoms with Crippen molar-refractivity contribution in [2.75, 3.05) is 21.1 Å². The van der Waals surface area contributed by atoms with E-state index < -0.39 is 17.3 Å². The van der Waals surface area contributed by atoms with Gasteiger partial charge in [-0.3, -0.25) is 4.68 Å². The zero-order chi connectivity index (χ0) is 43.0. The van der Waals surface area contributed by atoms with Gasteiger partial charge < -0.3 is 25.2 Å². The number of amides is 1. The summed E-state index contributed by atoms with van der Waals surface area (Å²) in [4.78, 5) is 24.9. The van der Waals surface area contributed by atoms with Gasteiger partial charge in [0.25, 0.3) is 0 Å². The Labute approximate surface area is 362 Å². The number of nitrogens with zero attached hydrogens (tertiary/aromatic N) is 8. The average Bonchev–Trinajstić information content (AvgIpc) is 3.98. The Hall–Kier alpha value is -4.53. The number of carbonyl (C=O) groups is 1. The first-order chi connectivity index (χ1) is 28.1. The van der Waals surface area contributed by atoms with Crippen molar-refractivity contribution in [1.29, 1.82) is 0 Å². The Morgan fingerprint density at radius 2 is 1.69 bits per heavy atom. The first kappa shape index (κ1) is 47.2. The number of aliphatic imine (C=N–C) groups is 1. The first-order valence-corrected chi connectivity index (χ1v) is 20.8. The van der Waals surface area contributed by atoms with Gasteiger partial charge in [-0.2, -0.15) is 10.2 Å². The lowest BCUT2D eigenvalue weighted by Crippen LogP contribution is -2.46. The third-order valence-corrected chi connectivity index (χ3v) is 11.0. The van der Waals surface area contributed by atoms with Gasteiger partial charge in [0.05, 0.1) is 30.7 Å². The summed E-state index contributed by atoms with van der Waals surface area (Å²) in [5.74, 6) is 1.41. The van der Waals surface area contributed by atoms with Crippen LogP contribution in [-0.4, -0.2) is 83.8 Å². The van der Waals surface area contributed by atoms with E-state index in [0.717, 1.165) is 42.8 Å². The number of rotatable bonds is 14. The van der Waals surface area contributed by atoms with E-state index in [1.807, 2.05) is 37.2 Å². The highest BCUT2D eigenvalue weighted by Crippen LogP contribution is 2.47. The fraction of sp³-hybridized carbons (Fsp3) is 0.442. The normalized spacial score (nSPS) is 18.4. The highest BCUT2D eigenvalue weighted by Gasteiger charge is 2.50. The van der Waals surface area contributed by atoms with Gasteiger partial charge in [-0.05, 0) is 85.4 Å². The standard InChI is InChI=1S/C18H24ClN3O.C14H17Cl2N3O.C11H15N3O2/c1-13(2)17-8-5-15(9-14-3-6-16(19)7-4-14)18(17,23)10-22-12-20-11-21-22;1-2-3-6-14(20,8-19-10-17-9-18-19)12-5-4-11(15)7-13(12)16;1-12-11(15)16-10-6-4-5-9(7-10)13-8-14(2)3/h3-4,6-7,11-13,15,17,23H,5,8-10H2,1-2H3;4-5,7,9-10,20H,2-3,6,8H2,1H3;4-8H,1-3H3,(H,12,15)/b;;13-8-. The van der Waals surface area contributed by atoms with Crippen LogP contribution in [0.25, 0.3) is 0 Å². The quantitative estimate of drug-likeness (QED) is 0.0733. The molecule has 2 heterocycles. The van der Waals surface area contributed by atoms with Crippen LogP contribution in [0.4, 0.5) is 10.5 Å². The van der Waals surface area contributed by atoms with E-state index in [0.29, 0.717) is 46.8 Å². The largest absolute Gasteiger partial charge is 0.412 e. The second kappa shape index (κ2) is 22.7. The first-order valence-electron chi connectivity index (χ1n) is 19.7. The summed E-state index contributed by atoms with van der Waals surface area (Å²) in [5.41, 5.74) is 0.802. The summed E-state index contributed by atoms with van der Waals surface area (Å²) in [6, 6.07) is 20.1. The summed E-state index contributed by atoms with van der Waals surface area (Å²) in [6.07, 6.45) is 12.9. The number of benzene rings is 3. The highest BCUT2D eigenvalue weighted by atomic mass is 35.5. The molecule has 5 aromatic rings. The maximum absolute atomic E-state index is 11.6. The highest BCUT2D eigenvalue weighted by molar-refractivity contribution is 6.35. The average molecular weight is 869 g/mol. The van der Waals surface area contributed by atoms with Crippen molar-refractivity contribution in [3.8, 4) is 5.75 Å². The van der Waals surface area contributed by atoms with Crippen LogP contribution in [0.2, 0.25) is 15.1 Å². The van der Waals surface area contributed by atoms with Gasteiger partial charge >= 0.3 is 6.09 Å². The summed E-state index contributed by atoms with van der Waals surface area (Å²) in [6.45, 7) is 7.30. The maximum atomic E-state index is 11.6. The van der Waals surface area contributed by atoms with Crippen molar-refractivity contribution in [3.05, 3.63) is 118 Å². The van der Waals surface area contributed by atoms with E-state index in [1.165, 1.54) is 25.3 Å². The molecule has 1 aliphatic carbocycles. The number of carbonyl (C=O) groups excluding carboxylic acids is 1. The predicted octanol–water partition coefficient (Wildman–Crippen LogP) is 8.88. The van der Waals surface area contributed by atoms with Crippen molar-refractivity contribution in [1.82, 2.24) is 39.7 Å². The fourth-order valence-electron chi connectivity index (χ4n) is 7.28. The molecule has 318 valence electrons. The lowest BCUT2D eigenvalue weighted by Gasteiger charge is -2.37. The lowest BCUT2D eigenvalue weighted by atomic mass is 9.76. The lowest BCUT2D eigenvalue weighted by molar-refractivity contribution is -0.0667. The van der Waals surface area contributed by atoms with Crippen LogP contribution in [0, 0.1) is 17.8 Å². The predicted molar refractivity (Wildman–Crippen MR) is 234 cm³/mol. The third-order valence-electron chi connectivity index (χ3n) is 10.2.